The fourth-order valence-corrected chi connectivity index (χ4v) is 2.84. The van der Waals surface area contributed by atoms with Gasteiger partial charge in [-0.1, -0.05) is 26.7 Å². The highest BCUT2D eigenvalue weighted by atomic mass is 16.3. The first-order valence-corrected chi connectivity index (χ1v) is 7.74. The molecule has 3 atom stereocenters. The van der Waals surface area contributed by atoms with Crippen molar-refractivity contribution in [2.24, 2.45) is 17.6 Å². The van der Waals surface area contributed by atoms with Crippen molar-refractivity contribution in [1.29, 1.82) is 0 Å². The van der Waals surface area contributed by atoms with Crippen molar-refractivity contribution in [3.8, 4) is 0 Å². The van der Waals surface area contributed by atoms with E-state index in [2.05, 4.69) is 6.92 Å². The molecule has 4 nitrogen and oxygen atoms in total. The third kappa shape index (κ3) is 5.49. The highest BCUT2D eigenvalue weighted by Crippen LogP contribution is 2.21. The molecule has 19 heavy (non-hydrogen) atoms. The van der Waals surface area contributed by atoms with E-state index in [1.165, 1.54) is 0 Å². The average molecular weight is 270 g/mol. The van der Waals surface area contributed by atoms with Gasteiger partial charge in [0.2, 0.25) is 5.91 Å². The smallest absolute Gasteiger partial charge is 0.222 e. The molecule has 1 aliphatic rings. The van der Waals surface area contributed by atoms with E-state index in [-0.39, 0.29) is 12.0 Å². The number of amides is 1. The predicted octanol–water partition coefficient (Wildman–Crippen LogP) is 1.76. The molecule has 0 aromatic heterocycles. The zero-order valence-electron chi connectivity index (χ0n) is 12.5. The number of hydrogen-bond acceptors (Lipinski definition) is 3. The molecule has 0 bridgehead atoms. The van der Waals surface area contributed by atoms with Crippen LogP contribution in [0.1, 0.15) is 52.4 Å². The summed E-state index contributed by atoms with van der Waals surface area (Å²) in [6.07, 6.45) is 5.42. The summed E-state index contributed by atoms with van der Waals surface area (Å²) in [5, 5.41) is 9.83. The predicted molar refractivity (Wildman–Crippen MR) is 77.7 cm³/mol. The van der Waals surface area contributed by atoms with Crippen molar-refractivity contribution < 1.29 is 9.90 Å². The topological polar surface area (TPSA) is 66.6 Å². The molecule has 1 saturated heterocycles. The Morgan fingerprint density at radius 2 is 2.16 bits per heavy atom. The van der Waals surface area contributed by atoms with Crippen molar-refractivity contribution in [3.05, 3.63) is 0 Å². The van der Waals surface area contributed by atoms with Crippen LogP contribution in [0.4, 0.5) is 0 Å². The number of nitrogens with two attached hydrogens (primary N) is 1. The minimum atomic E-state index is -0.354. The summed E-state index contributed by atoms with van der Waals surface area (Å²) >= 11 is 0. The summed E-state index contributed by atoms with van der Waals surface area (Å²) in [7, 11) is 0. The first kappa shape index (κ1) is 16.4. The number of piperidine rings is 1. The molecule has 1 amide bonds. The van der Waals surface area contributed by atoms with Crippen molar-refractivity contribution in [1.82, 2.24) is 4.90 Å². The van der Waals surface area contributed by atoms with Gasteiger partial charge in [-0.3, -0.25) is 4.79 Å². The lowest BCUT2D eigenvalue weighted by Gasteiger charge is -2.34. The Hall–Kier alpha value is -0.610. The highest BCUT2D eigenvalue weighted by Gasteiger charge is 2.27. The van der Waals surface area contributed by atoms with E-state index in [0.29, 0.717) is 31.3 Å². The molecule has 3 N–H and O–H groups in total. The number of carbonyl (C=O) groups is 1. The van der Waals surface area contributed by atoms with Gasteiger partial charge in [0.1, 0.15) is 0 Å². The number of β-amino-alcohol motifs (C(OH)–C–C–N with tert-alkyl or cyclic N) is 1. The fourth-order valence-electron chi connectivity index (χ4n) is 2.84. The van der Waals surface area contributed by atoms with Crippen LogP contribution in [0.2, 0.25) is 0 Å². The van der Waals surface area contributed by atoms with Crippen LogP contribution in [-0.4, -0.2) is 41.7 Å². The standard InChI is InChI=1S/C15H30N2O2/c1-3-4-13(7-9-16)5-6-15(19)17-10-8-12(2)14(18)11-17/h12-14,18H,3-11,16H2,1-2H3. The minimum absolute atomic E-state index is 0.198. The Bertz CT molecular complexity index is 265. The second-order valence-corrected chi connectivity index (χ2v) is 5.94. The van der Waals surface area contributed by atoms with E-state index in [1.54, 1.807) is 0 Å². The van der Waals surface area contributed by atoms with Crippen LogP contribution in [-0.2, 0) is 4.79 Å². The van der Waals surface area contributed by atoms with Gasteiger partial charge in [0.05, 0.1) is 6.10 Å². The van der Waals surface area contributed by atoms with Crippen LogP contribution in [0.3, 0.4) is 0 Å². The molecular weight excluding hydrogens is 240 g/mol. The molecule has 0 spiro atoms. The van der Waals surface area contributed by atoms with Gasteiger partial charge in [-0.05, 0) is 37.6 Å². The molecule has 0 aromatic rings. The number of aliphatic hydroxyl groups is 1. The van der Waals surface area contributed by atoms with Crippen LogP contribution in [0, 0.1) is 11.8 Å². The number of carbonyl (C=O) groups excluding carboxylic acids is 1. The molecule has 0 radical (unpaired) electrons. The summed E-state index contributed by atoms with van der Waals surface area (Å²) in [4.78, 5) is 14.0. The third-order valence-corrected chi connectivity index (χ3v) is 4.31. The number of aliphatic hydroxyl groups excluding tert-OH is 1. The average Bonchev–Trinajstić information content (AvgIpc) is 2.39. The molecule has 1 fully saturated rings. The van der Waals surface area contributed by atoms with Gasteiger partial charge >= 0.3 is 0 Å². The molecule has 3 unspecified atom stereocenters. The molecule has 0 aliphatic carbocycles. The van der Waals surface area contributed by atoms with Gasteiger partial charge < -0.3 is 15.7 Å². The summed E-state index contributed by atoms with van der Waals surface area (Å²) in [5.74, 6) is 1.09. The maximum absolute atomic E-state index is 12.1. The molecule has 0 aromatic carbocycles. The van der Waals surface area contributed by atoms with E-state index in [9.17, 15) is 9.90 Å². The number of nitrogens with zero attached hydrogens (tertiary/aromatic N) is 1. The first-order chi connectivity index (χ1) is 9.08. The fraction of sp³-hybridized carbons (Fsp3) is 0.933. The largest absolute Gasteiger partial charge is 0.391 e. The second kappa shape index (κ2) is 8.54. The summed E-state index contributed by atoms with van der Waals surface area (Å²) in [6, 6.07) is 0. The quantitative estimate of drug-likeness (QED) is 0.741. The molecule has 112 valence electrons. The van der Waals surface area contributed by atoms with Gasteiger partial charge in [0.15, 0.2) is 0 Å². The Morgan fingerprint density at radius 3 is 2.74 bits per heavy atom. The van der Waals surface area contributed by atoms with Gasteiger partial charge in [0, 0.05) is 19.5 Å². The van der Waals surface area contributed by atoms with E-state index in [4.69, 9.17) is 5.73 Å². The van der Waals surface area contributed by atoms with Gasteiger partial charge in [-0.25, -0.2) is 0 Å². The molecule has 4 heteroatoms. The van der Waals surface area contributed by atoms with E-state index in [0.717, 1.165) is 38.6 Å². The lowest BCUT2D eigenvalue weighted by Crippen LogP contribution is -2.45. The Labute approximate surface area is 117 Å². The van der Waals surface area contributed by atoms with Gasteiger partial charge in [-0.2, -0.15) is 0 Å². The van der Waals surface area contributed by atoms with Crippen molar-refractivity contribution >= 4 is 5.91 Å². The Kier molecular flexibility index (Phi) is 7.39. The van der Waals surface area contributed by atoms with E-state index >= 15 is 0 Å². The lowest BCUT2D eigenvalue weighted by atomic mass is 9.93. The van der Waals surface area contributed by atoms with Gasteiger partial charge in [0.25, 0.3) is 0 Å². The summed E-state index contributed by atoms with van der Waals surface area (Å²) in [5.41, 5.74) is 5.61. The maximum Gasteiger partial charge on any atom is 0.222 e. The third-order valence-electron chi connectivity index (χ3n) is 4.31. The van der Waals surface area contributed by atoms with Crippen LogP contribution in [0.25, 0.3) is 0 Å². The van der Waals surface area contributed by atoms with Crippen LogP contribution < -0.4 is 5.73 Å². The zero-order valence-corrected chi connectivity index (χ0v) is 12.5. The summed E-state index contributed by atoms with van der Waals surface area (Å²) in [6.45, 7) is 6.24. The minimum Gasteiger partial charge on any atom is -0.391 e. The van der Waals surface area contributed by atoms with Crippen molar-refractivity contribution in [2.45, 2.75) is 58.5 Å². The zero-order chi connectivity index (χ0) is 14.3. The Balaban J connectivity index is 2.33. The summed E-state index contributed by atoms with van der Waals surface area (Å²) < 4.78 is 0. The molecule has 0 saturated carbocycles. The maximum atomic E-state index is 12.1. The second-order valence-electron chi connectivity index (χ2n) is 5.94. The van der Waals surface area contributed by atoms with Crippen molar-refractivity contribution in [3.63, 3.8) is 0 Å². The number of hydrogen-bond donors (Lipinski definition) is 2. The monoisotopic (exact) mass is 270 g/mol. The number of rotatable bonds is 7. The molecule has 1 aliphatic heterocycles. The van der Waals surface area contributed by atoms with Crippen LogP contribution >= 0.6 is 0 Å². The van der Waals surface area contributed by atoms with Crippen molar-refractivity contribution in [2.75, 3.05) is 19.6 Å². The SMILES string of the molecule is CCCC(CCN)CCC(=O)N1CCC(C)C(O)C1. The lowest BCUT2D eigenvalue weighted by molar-refractivity contribution is -0.135. The normalized spacial score (nSPS) is 25.4. The van der Waals surface area contributed by atoms with E-state index in [1.807, 2.05) is 11.8 Å². The van der Waals surface area contributed by atoms with Crippen LogP contribution in [0.15, 0.2) is 0 Å². The van der Waals surface area contributed by atoms with E-state index < -0.39 is 0 Å². The molecular formula is C15H30N2O2. The molecule has 1 rings (SSSR count). The Morgan fingerprint density at radius 1 is 1.42 bits per heavy atom. The number of likely N-dealkylation sites (tertiary alicyclic amines) is 1. The highest BCUT2D eigenvalue weighted by molar-refractivity contribution is 5.76. The van der Waals surface area contributed by atoms with Crippen LogP contribution in [0.5, 0.6) is 0 Å². The van der Waals surface area contributed by atoms with Gasteiger partial charge in [-0.15, -0.1) is 0 Å². The molecule has 1 heterocycles. The first-order valence-electron chi connectivity index (χ1n) is 7.74.